The summed E-state index contributed by atoms with van der Waals surface area (Å²) in [4.78, 5) is 12.6. The molecule has 32 heavy (non-hydrogen) atoms. The molecule has 0 spiro atoms. The topological polar surface area (TPSA) is 85.8 Å². The lowest BCUT2D eigenvalue weighted by atomic mass is 10.1. The Morgan fingerprint density at radius 3 is 2.47 bits per heavy atom. The molecule has 0 fully saturated rings. The normalized spacial score (nSPS) is 11.0. The third-order valence-corrected chi connectivity index (χ3v) is 6.14. The third kappa shape index (κ3) is 4.60. The maximum absolute atomic E-state index is 12.6. The molecule has 2 aromatic heterocycles. The maximum atomic E-state index is 12.6. The Labute approximate surface area is 191 Å². The second-order valence-electron chi connectivity index (χ2n) is 7.80. The maximum Gasteiger partial charge on any atom is 0.277 e. The van der Waals surface area contributed by atoms with Crippen LogP contribution in [0.4, 0.5) is 5.69 Å². The van der Waals surface area contributed by atoms with Gasteiger partial charge >= 0.3 is 0 Å². The molecule has 0 saturated heterocycles. The predicted octanol–water partition coefficient (Wildman–Crippen LogP) is 5.20. The van der Waals surface area contributed by atoms with Crippen LogP contribution in [0.1, 0.15) is 28.1 Å². The SMILES string of the molecule is Cc1ccc(-n2nc(C)c(NC(=O)CSc3nnc(-c4ccc(C)c(C)c4)o3)c2C)cc1. The lowest BCUT2D eigenvalue weighted by Gasteiger charge is -2.07. The highest BCUT2D eigenvalue weighted by Crippen LogP contribution is 2.26. The number of anilines is 1. The Bertz CT molecular complexity index is 1270. The van der Waals surface area contributed by atoms with Gasteiger partial charge in [-0.15, -0.1) is 10.2 Å². The molecular formula is C24H25N5O2S. The molecule has 0 saturated carbocycles. The molecule has 4 aromatic rings. The molecule has 8 heteroatoms. The van der Waals surface area contributed by atoms with E-state index in [4.69, 9.17) is 4.42 Å². The number of nitrogens with zero attached hydrogens (tertiary/aromatic N) is 4. The average molecular weight is 448 g/mol. The molecule has 0 aliphatic heterocycles. The molecule has 2 aromatic carbocycles. The zero-order valence-corrected chi connectivity index (χ0v) is 19.6. The van der Waals surface area contributed by atoms with Crippen LogP contribution >= 0.6 is 11.8 Å². The van der Waals surface area contributed by atoms with E-state index in [-0.39, 0.29) is 11.7 Å². The molecule has 0 atom stereocenters. The molecular weight excluding hydrogens is 422 g/mol. The first-order valence-electron chi connectivity index (χ1n) is 10.3. The summed E-state index contributed by atoms with van der Waals surface area (Å²) in [5.74, 6) is 0.445. The van der Waals surface area contributed by atoms with Gasteiger partial charge in [-0.2, -0.15) is 5.10 Å². The van der Waals surface area contributed by atoms with E-state index in [1.54, 1.807) is 0 Å². The molecule has 0 unspecified atom stereocenters. The van der Waals surface area contributed by atoms with Gasteiger partial charge in [-0.3, -0.25) is 4.79 Å². The molecule has 0 aliphatic carbocycles. The van der Waals surface area contributed by atoms with E-state index < -0.39 is 0 Å². The number of benzene rings is 2. The molecule has 0 bridgehead atoms. The van der Waals surface area contributed by atoms with E-state index in [0.717, 1.165) is 33.9 Å². The largest absolute Gasteiger partial charge is 0.411 e. The summed E-state index contributed by atoms with van der Waals surface area (Å²) in [5, 5.41) is 16.1. The van der Waals surface area contributed by atoms with Crippen molar-refractivity contribution < 1.29 is 9.21 Å². The molecule has 164 valence electrons. The van der Waals surface area contributed by atoms with Crippen molar-refractivity contribution in [3.05, 3.63) is 70.5 Å². The summed E-state index contributed by atoms with van der Waals surface area (Å²) in [5.41, 5.74) is 7.72. The summed E-state index contributed by atoms with van der Waals surface area (Å²) in [6.07, 6.45) is 0. The van der Waals surface area contributed by atoms with Gasteiger partial charge in [-0.1, -0.05) is 35.5 Å². The smallest absolute Gasteiger partial charge is 0.277 e. The first kappa shape index (κ1) is 21.8. The summed E-state index contributed by atoms with van der Waals surface area (Å²) >= 11 is 1.21. The van der Waals surface area contributed by atoms with Gasteiger partial charge in [-0.25, -0.2) is 4.68 Å². The Morgan fingerprint density at radius 1 is 1.00 bits per heavy atom. The molecule has 7 nitrogen and oxygen atoms in total. The molecule has 1 amide bonds. The fourth-order valence-electron chi connectivity index (χ4n) is 3.32. The van der Waals surface area contributed by atoms with Crippen LogP contribution in [0.2, 0.25) is 0 Å². The second-order valence-corrected chi connectivity index (χ2v) is 8.73. The lowest BCUT2D eigenvalue weighted by molar-refractivity contribution is -0.113. The molecule has 1 N–H and O–H groups in total. The number of aryl methyl sites for hydroxylation is 4. The van der Waals surface area contributed by atoms with Gasteiger partial charge in [0.15, 0.2) is 0 Å². The van der Waals surface area contributed by atoms with E-state index >= 15 is 0 Å². The van der Waals surface area contributed by atoms with Crippen molar-refractivity contribution in [3.63, 3.8) is 0 Å². The Hall–Kier alpha value is -3.39. The van der Waals surface area contributed by atoms with E-state index in [2.05, 4.69) is 27.5 Å². The van der Waals surface area contributed by atoms with Crippen molar-refractivity contribution in [2.45, 2.75) is 39.8 Å². The van der Waals surface area contributed by atoms with E-state index in [9.17, 15) is 4.79 Å². The highest BCUT2D eigenvalue weighted by atomic mass is 32.2. The van der Waals surface area contributed by atoms with E-state index in [0.29, 0.717) is 11.1 Å². The number of carbonyl (C=O) groups excluding carboxylic acids is 1. The highest BCUT2D eigenvalue weighted by molar-refractivity contribution is 7.99. The minimum Gasteiger partial charge on any atom is -0.411 e. The van der Waals surface area contributed by atoms with Crippen LogP contribution in [0.15, 0.2) is 52.1 Å². The number of thioether (sulfide) groups is 1. The summed E-state index contributed by atoms with van der Waals surface area (Å²) in [6, 6.07) is 14.1. The minimum absolute atomic E-state index is 0.156. The van der Waals surface area contributed by atoms with Crippen molar-refractivity contribution in [2.75, 3.05) is 11.1 Å². The molecule has 0 radical (unpaired) electrons. The van der Waals surface area contributed by atoms with Crippen molar-refractivity contribution in [2.24, 2.45) is 0 Å². The fourth-order valence-corrected chi connectivity index (χ4v) is 3.89. The van der Waals surface area contributed by atoms with Crippen molar-refractivity contribution in [3.8, 4) is 17.1 Å². The van der Waals surface area contributed by atoms with Gasteiger partial charge < -0.3 is 9.73 Å². The van der Waals surface area contributed by atoms with Crippen molar-refractivity contribution in [1.29, 1.82) is 0 Å². The number of hydrogen-bond acceptors (Lipinski definition) is 6. The van der Waals surface area contributed by atoms with E-state index in [1.807, 2.05) is 74.8 Å². The van der Waals surface area contributed by atoms with Crippen LogP contribution in [0.25, 0.3) is 17.1 Å². The Kier molecular flexibility index (Phi) is 6.14. The molecule has 0 aliphatic rings. The number of aromatic nitrogens is 4. The van der Waals surface area contributed by atoms with Crippen LogP contribution in [-0.4, -0.2) is 31.6 Å². The quantitative estimate of drug-likeness (QED) is 0.409. The minimum atomic E-state index is -0.157. The molecule has 2 heterocycles. The third-order valence-electron chi connectivity index (χ3n) is 5.32. The lowest BCUT2D eigenvalue weighted by Crippen LogP contribution is -2.15. The van der Waals surface area contributed by atoms with Crippen LogP contribution < -0.4 is 5.32 Å². The number of carbonyl (C=O) groups is 1. The first-order chi connectivity index (χ1) is 15.3. The Morgan fingerprint density at radius 2 is 1.75 bits per heavy atom. The average Bonchev–Trinajstić information content (AvgIpc) is 3.35. The predicted molar refractivity (Wildman–Crippen MR) is 126 cm³/mol. The van der Waals surface area contributed by atoms with E-state index in [1.165, 1.54) is 22.9 Å². The zero-order chi connectivity index (χ0) is 22.8. The van der Waals surface area contributed by atoms with Gasteiger partial charge in [0.1, 0.15) is 0 Å². The van der Waals surface area contributed by atoms with Crippen LogP contribution in [0.3, 0.4) is 0 Å². The summed E-state index contributed by atoms with van der Waals surface area (Å²) in [7, 11) is 0. The van der Waals surface area contributed by atoms with Crippen LogP contribution in [0, 0.1) is 34.6 Å². The summed E-state index contributed by atoms with van der Waals surface area (Å²) in [6.45, 7) is 9.97. The zero-order valence-electron chi connectivity index (χ0n) is 18.8. The number of hydrogen-bond donors (Lipinski definition) is 1. The fraction of sp³-hybridized carbons (Fsp3) is 0.250. The molecule has 4 rings (SSSR count). The first-order valence-corrected chi connectivity index (χ1v) is 11.3. The van der Waals surface area contributed by atoms with Gasteiger partial charge in [0.2, 0.25) is 11.8 Å². The summed E-state index contributed by atoms with van der Waals surface area (Å²) < 4.78 is 7.57. The van der Waals surface area contributed by atoms with Gasteiger partial charge in [0.05, 0.1) is 28.5 Å². The highest BCUT2D eigenvalue weighted by Gasteiger charge is 2.17. The number of nitrogens with one attached hydrogen (secondary N) is 1. The van der Waals surface area contributed by atoms with Crippen molar-refractivity contribution in [1.82, 2.24) is 20.0 Å². The monoisotopic (exact) mass is 447 g/mol. The van der Waals surface area contributed by atoms with Crippen LogP contribution in [0.5, 0.6) is 0 Å². The Balaban J connectivity index is 1.41. The standard InChI is InChI=1S/C24H25N5O2S/c1-14-6-10-20(11-7-14)29-18(5)22(17(4)28-29)25-21(30)13-32-24-27-26-23(31-24)19-9-8-15(2)16(3)12-19/h6-12H,13H2,1-5H3,(H,25,30). The van der Waals surface area contributed by atoms with Gasteiger partial charge in [0, 0.05) is 5.56 Å². The van der Waals surface area contributed by atoms with Gasteiger partial charge in [-0.05, 0) is 70.0 Å². The second kappa shape index (κ2) is 9.00. The van der Waals surface area contributed by atoms with Crippen LogP contribution in [-0.2, 0) is 4.79 Å². The number of amides is 1. The van der Waals surface area contributed by atoms with Gasteiger partial charge in [0.25, 0.3) is 5.22 Å². The number of rotatable bonds is 6. The van der Waals surface area contributed by atoms with Crippen molar-refractivity contribution >= 4 is 23.4 Å².